The standard InChI is InChI=1S/C15H14ClN3O/c1-10-8-13-15(17-9-10)19(6-7-20)14(18-13)11-4-2-3-5-12(11)16/h2-5,8-9,20H,6-7H2,1H3. The first kappa shape index (κ1) is 13.1. The number of imidazole rings is 1. The molecule has 0 amide bonds. The molecule has 0 bridgehead atoms. The van der Waals surface area contributed by atoms with E-state index in [1.54, 1.807) is 6.20 Å². The molecule has 0 radical (unpaired) electrons. The van der Waals surface area contributed by atoms with Gasteiger partial charge in [-0.15, -0.1) is 0 Å². The summed E-state index contributed by atoms with van der Waals surface area (Å²) in [6, 6.07) is 9.54. The SMILES string of the molecule is Cc1cnc2c(c1)nc(-c1ccccc1Cl)n2CCO. The van der Waals surface area contributed by atoms with Gasteiger partial charge in [0.2, 0.25) is 0 Å². The summed E-state index contributed by atoms with van der Waals surface area (Å²) in [4.78, 5) is 9.05. The van der Waals surface area contributed by atoms with Gasteiger partial charge in [0, 0.05) is 18.3 Å². The number of aryl methyl sites for hydroxylation is 1. The molecule has 5 heteroatoms. The van der Waals surface area contributed by atoms with Gasteiger partial charge in [0.05, 0.1) is 11.6 Å². The van der Waals surface area contributed by atoms with Crippen molar-refractivity contribution in [3.8, 4) is 11.4 Å². The minimum absolute atomic E-state index is 0.0263. The molecule has 4 nitrogen and oxygen atoms in total. The number of halogens is 1. The molecule has 0 saturated heterocycles. The fourth-order valence-electron chi connectivity index (χ4n) is 2.27. The van der Waals surface area contributed by atoms with E-state index in [0.29, 0.717) is 11.6 Å². The molecule has 3 aromatic rings. The van der Waals surface area contributed by atoms with Crippen molar-refractivity contribution in [1.29, 1.82) is 0 Å². The Morgan fingerprint density at radius 3 is 2.85 bits per heavy atom. The number of aliphatic hydroxyl groups excluding tert-OH is 1. The van der Waals surface area contributed by atoms with E-state index in [1.807, 2.05) is 41.8 Å². The highest BCUT2D eigenvalue weighted by Crippen LogP contribution is 2.29. The highest BCUT2D eigenvalue weighted by molar-refractivity contribution is 6.33. The molecule has 0 atom stereocenters. The second-order valence-electron chi connectivity index (χ2n) is 4.65. The lowest BCUT2D eigenvalue weighted by atomic mass is 10.2. The van der Waals surface area contributed by atoms with E-state index in [1.165, 1.54) is 0 Å². The van der Waals surface area contributed by atoms with Crippen LogP contribution in [0, 0.1) is 6.92 Å². The first-order valence-electron chi connectivity index (χ1n) is 6.39. The Hall–Kier alpha value is -1.91. The molecule has 1 aromatic carbocycles. The van der Waals surface area contributed by atoms with Crippen LogP contribution in [0.25, 0.3) is 22.6 Å². The number of benzene rings is 1. The van der Waals surface area contributed by atoms with Gasteiger partial charge in [-0.1, -0.05) is 23.7 Å². The quantitative estimate of drug-likeness (QED) is 0.805. The van der Waals surface area contributed by atoms with Crippen LogP contribution in [0.4, 0.5) is 0 Å². The Bertz CT molecular complexity index is 767. The second-order valence-corrected chi connectivity index (χ2v) is 5.05. The molecule has 0 aliphatic carbocycles. The molecule has 0 aliphatic rings. The average molecular weight is 288 g/mol. The van der Waals surface area contributed by atoms with Crippen molar-refractivity contribution in [3.63, 3.8) is 0 Å². The van der Waals surface area contributed by atoms with E-state index >= 15 is 0 Å². The Kier molecular flexibility index (Phi) is 3.42. The number of nitrogens with zero attached hydrogens (tertiary/aromatic N) is 3. The Balaban J connectivity index is 2.29. The Morgan fingerprint density at radius 2 is 2.10 bits per heavy atom. The van der Waals surface area contributed by atoms with Gasteiger partial charge in [-0.05, 0) is 30.7 Å². The van der Waals surface area contributed by atoms with Crippen molar-refractivity contribution >= 4 is 22.8 Å². The van der Waals surface area contributed by atoms with E-state index in [0.717, 1.165) is 28.1 Å². The van der Waals surface area contributed by atoms with Gasteiger partial charge in [-0.3, -0.25) is 0 Å². The lowest BCUT2D eigenvalue weighted by Gasteiger charge is -2.08. The van der Waals surface area contributed by atoms with Crippen molar-refractivity contribution in [1.82, 2.24) is 14.5 Å². The summed E-state index contributed by atoms with van der Waals surface area (Å²) in [5, 5.41) is 9.92. The van der Waals surface area contributed by atoms with E-state index < -0.39 is 0 Å². The molecule has 20 heavy (non-hydrogen) atoms. The lowest BCUT2D eigenvalue weighted by molar-refractivity contribution is 0.278. The van der Waals surface area contributed by atoms with Gasteiger partial charge >= 0.3 is 0 Å². The average Bonchev–Trinajstić information content (AvgIpc) is 2.77. The van der Waals surface area contributed by atoms with Gasteiger partial charge < -0.3 is 9.67 Å². The van der Waals surface area contributed by atoms with Crippen LogP contribution in [-0.4, -0.2) is 26.2 Å². The Labute approximate surface area is 121 Å². The van der Waals surface area contributed by atoms with Gasteiger partial charge in [-0.25, -0.2) is 9.97 Å². The fourth-order valence-corrected chi connectivity index (χ4v) is 2.49. The lowest BCUT2D eigenvalue weighted by Crippen LogP contribution is -2.05. The number of aliphatic hydroxyl groups is 1. The Morgan fingerprint density at radius 1 is 1.30 bits per heavy atom. The number of fused-ring (bicyclic) bond motifs is 1. The molecule has 0 fully saturated rings. The summed E-state index contributed by atoms with van der Waals surface area (Å²) in [6.45, 7) is 2.44. The van der Waals surface area contributed by atoms with Crippen molar-refractivity contribution < 1.29 is 5.11 Å². The number of hydrogen-bond acceptors (Lipinski definition) is 3. The van der Waals surface area contributed by atoms with Gasteiger partial charge in [0.1, 0.15) is 11.3 Å². The molecule has 0 spiro atoms. The topological polar surface area (TPSA) is 50.9 Å². The number of aromatic nitrogens is 3. The third kappa shape index (κ3) is 2.17. The minimum atomic E-state index is 0.0263. The molecule has 0 saturated carbocycles. The van der Waals surface area contributed by atoms with Crippen molar-refractivity contribution in [2.24, 2.45) is 0 Å². The van der Waals surface area contributed by atoms with Crippen molar-refractivity contribution in [3.05, 3.63) is 47.1 Å². The number of pyridine rings is 1. The molecule has 102 valence electrons. The van der Waals surface area contributed by atoms with E-state index in [2.05, 4.69) is 9.97 Å². The van der Waals surface area contributed by atoms with E-state index in [4.69, 9.17) is 11.6 Å². The van der Waals surface area contributed by atoms with E-state index in [9.17, 15) is 5.11 Å². The van der Waals surface area contributed by atoms with Crippen LogP contribution in [0.1, 0.15) is 5.56 Å². The maximum atomic E-state index is 9.28. The van der Waals surface area contributed by atoms with Gasteiger partial charge in [0.25, 0.3) is 0 Å². The third-order valence-electron chi connectivity index (χ3n) is 3.16. The highest BCUT2D eigenvalue weighted by atomic mass is 35.5. The highest BCUT2D eigenvalue weighted by Gasteiger charge is 2.15. The number of hydrogen-bond donors (Lipinski definition) is 1. The van der Waals surface area contributed by atoms with Gasteiger partial charge in [-0.2, -0.15) is 0 Å². The molecule has 0 unspecified atom stereocenters. The zero-order valence-electron chi connectivity index (χ0n) is 11.0. The second kappa shape index (κ2) is 5.23. The van der Waals surface area contributed by atoms with Crippen LogP contribution in [0.15, 0.2) is 36.5 Å². The predicted molar refractivity (Wildman–Crippen MR) is 79.8 cm³/mol. The molecular weight excluding hydrogens is 274 g/mol. The molecule has 0 aliphatic heterocycles. The third-order valence-corrected chi connectivity index (χ3v) is 3.49. The van der Waals surface area contributed by atoms with Crippen LogP contribution in [0.5, 0.6) is 0 Å². The first-order valence-corrected chi connectivity index (χ1v) is 6.77. The van der Waals surface area contributed by atoms with Crippen LogP contribution in [0.2, 0.25) is 5.02 Å². The normalized spacial score (nSPS) is 11.2. The van der Waals surface area contributed by atoms with Crippen molar-refractivity contribution in [2.45, 2.75) is 13.5 Å². The van der Waals surface area contributed by atoms with Crippen LogP contribution >= 0.6 is 11.6 Å². The summed E-state index contributed by atoms with van der Waals surface area (Å²) < 4.78 is 1.90. The molecular formula is C15H14ClN3O. The summed E-state index contributed by atoms with van der Waals surface area (Å²) in [6.07, 6.45) is 1.80. The molecule has 1 N–H and O–H groups in total. The van der Waals surface area contributed by atoms with E-state index in [-0.39, 0.29) is 6.61 Å². The van der Waals surface area contributed by atoms with Crippen LogP contribution in [0.3, 0.4) is 0 Å². The summed E-state index contributed by atoms with van der Waals surface area (Å²) in [5.41, 5.74) is 3.48. The van der Waals surface area contributed by atoms with Gasteiger partial charge in [0.15, 0.2) is 5.65 Å². The largest absolute Gasteiger partial charge is 0.395 e. The van der Waals surface area contributed by atoms with Crippen LogP contribution in [-0.2, 0) is 6.54 Å². The van der Waals surface area contributed by atoms with Crippen LogP contribution < -0.4 is 0 Å². The predicted octanol–water partition coefficient (Wildman–Crippen LogP) is 3.05. The zero-order chi connectivity index (χ0) is 14.1. The zero-order valence-corrected chi connectivity index (χ0v) is 11.8. The maximum Gasteiger partial charge on any atom is 0.160 e. The minimum Gasteiger partial charge on any atom is -0.395 e. The maximum absolute atomic E-state index is 9.28. The molecule has 3 rings (SSSR count). The summed E-state index contributed by atoms with van der Waals surface area (Å²) >= 11 is 6.25. The fraction of sp³-hybridized carbons (Fsp3) is 0.200. The molecule has 2 aromatic heterocycles. The summed E-state index contributed by atoms with van der Waals surface area (Å²) in [5.74, 6) is 0.734. The first-order chi connectivity index (χ1) is 9.70. The van der Waals surface area contributed by atoms with Crippen molar-refractivity contribution in [2.75, 3.05) is 6.61 Å². The molecule has 2 heterocycles. The number of rotatable bonds is 3. The smallest absolute Gasteiger partial charge is 0.160 e. The summed E-state index contributed by atoms with van der Waals surface area (Å²) in [7, 11) is 0. The monoisotopic (exact) mass is 287 g/mol.